The molecule has 3 aliphatic carbocycles. The van der Waals surface area contributed by atoms with E-state index < -0.39 is 5.54 Å². The number of nitrogens with two attached hydrogens (primary N) is 1. The fourth-order valence-corrected chi connectivity index (χ4v) is 7.06. The number of carbonyl (C=O) groups excluding carboxylic acids is 1. The van der Waals surface area contributed by atoms with Crippen molar-refractivity contribution in [1.82, 2.24) is 4.90 Å². The number of guanidine groups is 1. The number of ether oxygens (including phenoxy) is 2. The quantitative estimate of drug-likeness (QED) is 0.846. The van der Waals surface area contributed by atoms with Crippen LogP contribution in [-0.4, -0.2) is 38.0 Å². The molecule has 2 N–H and O–H groups in total. The molecule has 29 heavy (non-hydrogen) atoms. The second-order valence-electron chi connectivity index (χ2n) is 9.54. The van der Waals surface area contributed by atoms with Crippen LogP contribution in [0.1, 0.15) is 50.5 Å². The number of rotatable bonds is 4. The highest BCUT2D eigenvalue weighted by molar-refractivity contribution is 6.07. The van der Waals surface area contributed by atoms with Crippen molar-refractivity contribution in [2.24, 2.45) is 33.9 Å². The molecule has 0 spiro atoms. The number of benzene rings is 1. The molecule has 1 aliphatic heterocycles. The molecule has 6 heteroatoms. The van der Waals surface area contributed by atoms with Crippen LogP contribution < -0.4 is 15.2 Å². The molecule has 5 rings (SSSR count). The van der Waals surface area contributed by atoms with Gasteiger partial charge in [0.1, 0.15) is 0 Å². The van der Waals surface area contributed by atoms with E-state index >= 15 is 0 Å². The molecular formula is C23H31N3O3. The molecule has 1 heterocycles. The number of nitrogens with zero attached hydrogens (tertiary/aromatic N) is 2. The first-order valence-corrected chi connectivity index (χ1v) is 10.8. The van der Waals surface area contributed by atoms with Gasteiger partial charge in [-0.3, -0.25) is 9.69 Å². The number of aliphatic imine (C=N–C) groups is 1. The monoisotopic (exact) mass is 397 g/mol. The average Bonchev–Trinajstić information content (AvgIpc) is 2.97. The Hall–Kier alpha value is -2.24. The Morgan fingerprint density at radius 2 is 1.90 bits per heavy atom. The number of methoxy groups -OCH3 is 2. The summed E-state index contributed by atoms with van der Waals surface area (Å²) in [5, 5.41) is 0. The van der Waals surface area contributed by atoms with Crippen molar-refractivity contribution >= 4 is 11.9 Å². The fourth-order valence-electron chi connectivity index (χ4n) is 7.06. The summed E-state index contributed by atoms with van der Waals surface area (Å²) in [6, 6.07) is 5.82. The van der Waals surface area contributed by atoms with E-state index in [1.54, 1.807) is 26.2 Å². The van der Waals surface area contributed by atoms with Gasteiger partial charge in [0.25, 0.3) is 5.91 Å². The molecule has 0 aromatic heterocycles. The summed E-state index contributed by atoms with van der Waals surface area (Å²) in [4.78, 5) is 20.4. The minimum Gasteiger partial charge on any atom is -0.493 e. The fraction of sp³-hybridized carbons (Fsp3) is 0.652. The second-order valence-corrected chi connectivity index (χ2v) is 9.54. The molecule has 1 amide bonds. The van der Waals surface area contributed by atoms with E-state index in [-0.39, 0.29) is 11.3 Å². The normalized spacial score (nSPS) is 38.2. The average molecular weight is 398 g/mol. The summed E-state index contributed by atoms with van der Waals surface area (Å²) >= 11 is 0. The van der Waals surface area contributed by atoms with Crippen molar-refractivity contribution < 1.29 is 14.3 Å². The predicted molar refractivity (Wildman–Crippen MR) is 111 cm³/mol. The Morgan fingerprint density at radius 3 is 2.59 bits per heavy atom. The number of fused-ring (bicyclic) bond motifs is 2. The van der Waals surface area contributed by atoms with Gasteiger partial charge in [0.15, 0.2) is 23.0 Å². The minimum atomic E-state index is -0.968. The summed E-state index contributed by atoms with van der Waals surface area (Å²) in [6.07, 6.45) is 8.31. The van der Waals surface area contributed by atoms with E-state index in [2.05, 4.69) is 0 Å². The Morgan fingerprint density at radius 1 is 1.10 bits per heavy atom. The van der Waals surface area contributed by atoms with Gasteiger partial charge in [-0.15, -0.1) is 0 Å². The summed E-state index contributed by atoms with van der Waals surface area (Å²) in [5.74, 6) is 3.82. The third-order valence-corrected chi connectivity index (χ3v) is 8.38. The first-order valence-electron chi connectivity index (χ1n) is 10.8. The van der Waals surface area contributed by atoms with Gasteiger partial charge >= 0.3 is 0 Å². The van der Waals surface area contributed by atoms with E-state index in [0.29, 0.717) is 29.3 Å². The van der Waals surface area contributed by atoms with E-state index in [1.165, 1.54) is 25.7 Å². The molecule has 156 valence electrons. The molecule has 6 nitrogen and oxygen atoms in total. The van der Waals surface area contributed by atoms with Gasteiger partial charge in [0.2, 0.25) is 0 Å². The van der Waals surface area contributed by atoms with E-state index in [4.69, 9.17) is 20.2 Å². The maximum absolute atomic E-state index is 13.9. The summed E-state index contributed by atoms with van der Waals surface area (Å²) in [6.45, 7) is 0. The maximum Gasteiger partial charge on any atom is 0.262 e. The van der Waals surface area contributed by atoms with Gasteiger partial charge in [0, 0.05) is 12.5 Å². The number of carbonyl (C=O) groups is 1. The minimum absolute atomic E-state index is 0.000596. The van der Waals surface area contributed by atoms with Crippen LogP contribution in [0.25, 0.3) is 0 Å². The number of hydrogen-bond donors (Lipinski definition) is 1. The van der Waals surface area contributed by atoms with Gasteiger partial charge in [-0.2, -0.15) is 0 Å². The van der Waals surface area contributed by atoms with Crippen molar-refractivity contribution in [3.63, 3.8) is 0 Å². The Kier molecular flexibility index (Phi) is 4.13. The van der Waals surface area contributed by atoms with Gasteiger partial charge in [-0.05, 0) is 74.0 Å². The molecule has 0 radical (unpaired) electrons. The van der Waals surface area contributed by atoms with Gasteiger partial charge in [-0.25, -0.2) is 4.99 Å². The zero-order valence-electron chi connectivity index (χ0n) is 17.6. The van der Waals surface area contributed by atoms with Crippen molar-refractivity contribution in [3.05, 3.63) is 23.8 Å². The second kappa shape index (κ2) is 6.38. The van der Waals surface area contributed by atoms with Gasteiger partial charge in [0.05, 0.1) is 14.2 Å². The maximum atomic E-state index is 13.9. The van der Waals surface area contributed by atoms with Crippen molar-refractivity contribution in [3.8, 4) is 11.5 Å². The first kappa shape index (κ1) is 18.8. The highest BCUT2D eigenvalue weighted by Crippen LogP contribution is 2.66. The highest BCUT2D eigenvalue weighted by atomic mass is 16.5. The largest absolute Gasteiger partial charge is 0.493 e. The summed E-state index contributed by atoms with van der Waals surface area (Å²) in [7, 11) is 5.00. The van der Waals surface area contributed by atoms with Crippen LogP contribution >= 0.6 is 0 Å². The lowest BCUT2D eigenvalue weighted by Gasteiger charge is -2.59. The van der Waals surface area contributed by atoms with Crippen molar-refractivity contribution in [1.29, 1.82) is 0 Å². The molecule has 0 saturated heterocycles. The van der Waals surface area contributed by atoms with Crippen LogP contribution in [0.5, 0.6) is 11.5 Å². The Bertz CT molecular complexity index is 880. The Balaban J connectivity index is 1.71. The first-order chi connectivity index (χ1) is 13.9. The number of amides is 1. The van der Waals surface area contributed by atoms with Crippen LogP contribution in [0.4, 0.5) is 0 Å². The third-order valence-electron chi connectivity index (χ3n) is 8.38. The van der Waals surface area contributed by atoms with E-state index in [9.17, 15) is 4.79 Å². The predicted octanol–water partition coefficient (Wildman–Crippen LogP) is 3.29. The van der Waals surface area contributed by atoms with Crippen LogP contribution in [0, 0.1) is 23.2 Å². The molecule has 3 bridgehead atoms. The molecule has 4 aliphatic rings. The molecule has 3 saturated carbocycles. The zero-order valence-corrected chi connectivity index (χ0v) is 17.6. The smallest absolute Gasteiger partial charge is 0.262 e. The molecule has 5 atom stereocenters. The Labute approximate surface area is 172 Å². The standard InChI is InChI=1S/C23H31N3O3/c1-26-20(27)23(25-21(26)24,17-6-7-18(28-2)19(11-17)29-3)22-9-8-15-5-4-14(12-22)10-16(15)13-22/h6-7,11,14-16H,4-5,8-10,12-13H2,1-3H3,(H2,24,25). The molecular weight excluding hydrogens is 366 g/mol. The van der Waals surface area contributed by atoms with E-state index in [0.717, 1.165) is 30.7 Å². The zero-order chi connectivity index (χ0) is 20.4. The highest BCUT2D eigenvalue weighted by Gasteiger charge is 2.66. The lowest BCUT2D eigenvalue weighted by molar-refractivity contribution is -0.145. The van der Waals surface area contributed by atoms with E-state index in [1.807, 2.05) is 18.2 Å². The molecule has 5 unspecified atom stereocenters. The molecule has 3 fully saturated rings. The molecule has 1 aromatic carbocycles. The van der Waals surface area contributed by atoms with Crippen molar-refractivity contribution in [2.75, 3.05) is 21.3 Å². The summed E-state index contributed by atoms with van der Waals surface area (Å²) < 4.78 is 11.0. The third kappa shape index (κ3) is 2.41. The number of hydrogen-bond acceptors (Lipinski definition) is 5. The van der Waals surface area contributed by atoms with Crippen molar-refractivity contribution in [2.45, 2.75) is 50.5 Å². The number of likely N-dealkylation sites (N-methyl/N-ethyl adjacent to an activating group) is 1. The van der Waals surface area contributed by atoms with Crippen LogP contribution in [-0.2, 0) is 10.3 Å². The topological polar surface area (TPSA) is 77.2 Å². The van der Waals surface area contributed by atoms with Gasteiger partial charge in [-0.1, -0.05) is 12.5 Å². The van der Waals surface area contributed by atoms with Crippen LogP contribution in [0.3, 0.4) is 0 Å². The molecule has 1 aromatic rings. The SMILES string of the molecule is COc1ccc(C2(C34CCC5CCC(CC5C3)C4)N=C(N)N(C)C2=O)cc1OC. The van der Waals surface area contributed by atoms with Crippen LogP contribution in [0.15, 0.2) is 23.2 Å². The lowest BCUT2D eigenvalue weighted by atomic mass is 9.45. The van der Waals surface area contributed by atoms with Crippen LogP contribution in [0.2, 0.25) is 0 Å². The van der Waals surface area contributed by atoms with Gasteiger partial charge < -0.3 is 15.2 Å². The summed E-state index contributed by atoms with van der Waals surface area (Å²) in [5.41, 5.74) is 5.99. The lowest BCUT2D eigenvalue weighted by Crippen LogP contribution is -2.58.